The zero-order chi connectivity index (χ0) is 19.7. The Morgan fingerprint density at radius 3 is 2.61 bits per heavy atom. The van der Waals surface area contributed by atoms with Crippen LogP contribution < -0.4 is 5.32 Å². The van der Waals surface area contributed by atoms with Gasteiger partial charge in [-0.25, -0.2) is 9.97 Å². The van der Waals surface area contributed by atoms with Crippen molar-refractivity contribution in [2.45, 2.75) is 24.5 Å². The summed E-state index contributed by atoms with van der Waals surface area (Å²) in [4.78, 5) is 21.2. The van der Waals surface area contributed by atoms with E-state index in [-0.39, 0.29) is 11.5 Å². The molecule has 4 rings (SSSR count). The molecule has 0 amide bonds. The molecule has 0 bridgehead atoms. The number of aromatic nitrogens is 2. The number of esters is 1. The maximum atomic E-state index is 12.1. The third-order valence-electron chi connectivity index (χ3n) is 4.93. The first-order valence-corrected chi connectivity index (χ1v) is 8.89. The Morgan fingerprint density at radius 2 is 1.89 bits per heavy atom. The highest BCUT2D eigenvalue weighted by Gasteiger charge is 2.34. The molecule has 1 heterocycles. The van der Waals surface area contributed by atoms with Crippen LogP contribution in [0.2, 0.25) is 0 Å². The topological polar surface area (TPSA) is 108 Å². The van der Waals surface area contributed by atoms with Crippen molar-refractivity contribution in [2.75, 3.05) is 12.4 Å². The fraction of sp³-hybridized carbons (Fsp3) is 0.238. The molecular formula is C21H18N4O3. The van der Waals surface area contributed by atoms with Crippen molar-refractivity contribution >= 4 is 22.8 Å². The molecule has 3 aromatic rings. The van der Waals surface area contributed by atoms with E-state index in [1.54, 1.807) is 12.1 Å². The van der Waals surface area contributed by atoms with Crippen LogP contribution in [0.1, 0.15) is 28.8 Å². The zero-order valence-electron chi connectivity index (χ0n) is 15.2. The molecule has 28 heavy (non-hydrogen) atoms. The Morgan fingerprint density at radius 1 is 1.21 bits per heavy atom. The van der Waals surface area contributed by atoms with Gasteiger partial charge in [-0.15, -0.1) is 0 Å². The molecule has 1 aliphatic carbocycles. The van der Waals surface area contributed by atoms with E-state index in [1.807, 2.05) is 42.5 Å². The molecule has 0 unspecified atom stereocenters. The van der Waals surface area contributed by atoms with Crippen LogP contribution in [0.4, 0.5) is 5.82 Å². The van der Waals surface area contributed by atoms with Gasteiger partial charge in [0.25, 0.3) is 0 Å². The van der Waals surface area contributed by atoms with Gasteiger partial charge in [-0.3, -0.25) is 4.79 Å². The Bertz CT molecular complexity index is 1090. The number of ether oxygens (including phenoxy) is 1. The van der Waals surface area contributed by atoms with E-state index in [2.05, 4.69) is 15.3 Å². The molecule has 0 fully saturated rings. The Balaban J connectivity index is 1.82. The monoisotopic (exact) mass is 374 g/mol. The number of nitrogens with zero attached hydrogens (tertiary/aromatic N) is 3. The van der Waals surface area contributed by atoms with Crippen LogP contribution in [-0.2, 0) is 16.0 Å². The third kappa shape index (κ3) is 3.04. The van der Waals surface area contributed by atoms with Crippen molar-refractivity contribution in [3.63, 3.8) is 0 Å². The van der Waals surface area contributed by atoms with Crippen LogP contribution in [0.15, 0.2) is 48.5 Å². The number of carbonyl (C=O) groups excluding carboxylic acids is 1. The van der Waals surface area contributed by atoms with Crippen molar-refractivity contribution in [3.05, 3.63) is 65.4 Å². The van der Waals surface area contributed by atoms with E-state index in [1.165, 1.54) is 7.11 Å². The number of nitrogens with one attached hydrogen (secondary N) is 1. The van der Waals surface area contributed by atoms with Crippen LogP contribution in [0.3, 0.4) is 0 Å². The number of rotatable bonds is 4. The second-order valence-corrected chi connectivity index (χ2v) is 6.62. The maximum absolute atomic E-state index is 12.1. The minimum atomic E-state index is -1.22. The van der Waals surface area contributed by atoms with Gasteiger partial charge in [0.15, 0.2) is 11.7 Å². The number of hydrogen-bond donors (Lipinski definition) is 2. The van der Waals surface area contributed by atoms with Gasteiger partial charge in [-0.2, -0.15) is 5.26 Å². The lowest BCUT2D eigenvalue weighted by atomic mass is 10.0. The number of aliphatic hydroxyl groups excluding tert-OH is 1. The summed E-state index contributed by atoms with van der Waals surface area (Å²) < 4.78 is 4.77. The average Bonchev–Trinajstić information content (AvgIpc) is 3.03. The zero-order valence-corrected chi connectivity index (χ0v) is 15.2. The number of fused-ring (bicyclic) bond motifs is 2. The van der Waals surface area contributed by atoms with Crippen molar-refractivity contribution in [2.24, 2.45) is 0 Å². The molecular weight excluding hydrogens is 356 g/mol. The number of carbonyl (C=O) groups is 1. The average molecular weight is 374 g/mol. The molecule has 2 N–H and O–H groups in total. The van der Waals surface area contributed by atoms with Gasteiger partial charge < -0.3 is 15.2 Å². The molecule has 7 nitrogen and oxygen atoms in total. The largest absolute Gasteiger partial charge is 0.468 e. The summed E-state index contributed by atoms with van der Waals surface area (Å²) in [7, 11) is 1.23. The van der Waals surface area contributed by atoms with Crippen LogP contribution in [0, 0.1) is 11.3 Å². The van der Waals surface area contributed by atoms with Gasteiger partial charge in [0, 0.05) is 6.42 Å². The molecule has 0 spiro atoms. The molecule has 0 radical (unpaired) electrons. The van der Waals surface area contributed by atoms with Crippen molar-refractivity contribution in [3.8, 4) is 6.07 Å². The molecule has 0 saturated carbocycles. The summed E-state index contributed by atoms with van der Waals surface area (Å²) >= 11 is 0. The summed E-state index contributed by atoms with van der Waals surface area (Å²) in [6, 6.07) is 16.5. The second kappa shape index (κ2) is 7.25. The molecule has 0 aliphatic heterocycles. The highest BCUT2D eigenvalue weighted by Crippen LogP contribution is 2.35. The fourth-order valence-electron chi connectivity index (χ4n) is 3.56. The maximum Gasteiger partial charge on any atom is 0.329 e. The van der Waals surface area contributed by atoms with E-state index in [9.17, 15) is 15.2 Å². The molecule has 2 aromatic carbocycles. The van der Waals surface area contributed by atoms with Gasteiger partial charge in [0.05, 0.1) is 36.4 Å². The first-order valence-electron chi connectivity index (χ1n) is 8.89. The van der Waals surface area contributed by atoms with Crippen LogP contribution in [0.5, 0.6) is 0 Å². The molecule has 1 aromatic heterocycles. The Kier molecular flexibility index (Phi) is 4.63. The Labute approximate surface area is 161 Å². The molecule has 140 valence electrons. The number of nitriles is 1. The number of aliphatic hydroxyl groups is 1. The van der Waals surface area contributed by atoms with Crippen molar-refractivity contribution in [1.29, 1.82) is 5.26 Å². The number of hydrogen-bond acceptors (Lipinski definition) is 7. The summed E-state index contributed by atoms with van der Waals surface area (Å²) in [6.45, 7) is 0. The summed E-state index contributed by atoms with van der Waals surface area (Å²) in [6.07, 6.45) is -0.139. The van der Waals surface area contributed by atoms with E-state index >= 15 is 0 Å². The molecule has 0 saturated heterocycles. The van der Waals surface area contributed by atoms with Crippen molar-refractivity contribution in [1.82, 2.24) is 9.97 Å². The SMILES string of the molecule is COC(=O)[C@H](C#N)c1nc2ccccc2nc1N[C@@H]1c2ccccc2C[C@@H]1O. The third-order valence-corrected chi connectivity index (χ3v) is 4.93. The highest BCUT2D eigenvalue weighted by atomic mass is 16.5. The molecule has 1 aliphatic rings. The van der Waals surface area contributed by atoms with Gasteiger partial charge in [0.1, 0.15) is 5.69 Å². The minimum absolute atomic E-state index is 0.185. The van der Waals surface area contributed by atoms with Gasteiger partial charge in [-0.1, -0.05) is 36.4 Å². The van der Waals surface area contributed by atoms with Crippen LogP contribution in [0.25, 0.3) is 11.0 Å². The minimum Gasteiger partial charge on any atom is -0.468 e. The number of benzene rings is 2. The lowest BCUT2D eigenvalue weighted by Gasteiger charge is -2.21. The highest BCUT2D eigenvalue weighted by molar-refractivity contribution is 5.85. The summed E-state index contributed by atoms with van der Waals surface area (Å²) in [5.74, 6) is -1.64. The predicted octanol–water partition coefficient (Wildman–Crippen LogP) is 2.48. The number of para-hydroxylation sites is 2. The van der Waals surface area contributed by atoms with Crippen molar-refractivity contribution < 1.29 is 14.6 Å². The second-order valence-electron chi connectivity index (χ2n) is 6.62. The van der Waals surface area contributed by atoms with Gasteiger partial charge in [0.2, 0.25) is 0 Å². The molecule has 3 atom stereocenters. The summed E-state index contributed by atoms with van der Waals surface area (Å²) in [5, 5.41) is 23.3. The normalized spacial score (nSPS) is 18.9. The Hall–Kier alpha value is -3.50. The van der Waals surface area contributed by atoms with E-state index in [0.29, 0.717) is 17.5 Å². The summed E-state index contributed by atoms with van der Waals surface area (Å²) in [5.41, 5.74) is 3.38. The smallest absolute Gasteiger partial charge is 0.329 e. The van der Waals surface area contributed by atoms with E-state index in [4.69, 9.17) is 4.74 Å². The van der Waals surface area contributed by atoms with Gasteiger partial charge in [-0.05, 0) is 23.3 Å². The first kappa shape index (κ1) is 17.9. The number of methoxy groups -OCH3 is 1. The van der Waals surface area contributed by atoms with Crippen LogP contribution >= 0.6 is 0 Å². The molecule has 7 heteroatoms. The van der Waals surface area contributed by atoms with Gasteiger partial charge >= 0.3 is 5.97 Å². The van der Waals surface area contributed by atoms with E-state index in [0.717, 1.165) is 11.1 Å². The standard InChI is InChI=1S/C21H18N4O3/c1-28-21(27)14(11-22)19-20(24-16-9-5-4-8-15(16)23-19)25-18-13-7-3-2-6-12(13)10-17(18)26/h2-9,14,17-18,26H,10H2,1H3,(H,24,25)/t14-,17+,18-/m1/s1. The first-order chi connectivity index (χ1) is 13.6. The lowest BCUT2D eigenvalue weighted by molar-refractivity contribution is -0.141. The number of anilines is 1. The fourth-order valence-corrected chi connectivity index (χ4v) is 3.56. The quantitative estimate of drug-likeness (QED) is 0.675. The van der Waals surface area contributed by atoms with Crippen LogP contribution in [-0.4, -0.2) is 34.3 Å². The van der Waals surface area contributed by atoms with E-state index < -0.39 is 24.0 Å². The predicted molar refractivity (Wildman–Crippen MR) is 102 cm³/mol. The lowest BCUT2D eigenvalue weighted by Crippen LogP contribution is -2.24.